The number of aromatic nitrogens is 8. The van der Waals surface area contributed by atoms with E-state index in [0.717, 1.165) is 88.2 Å². The Labute approximate surface area is 391 Å². The molecule has 0 N–H and O–H groups in total. The minimum Gasteiger partial charge on any atom is -0.306 e. The molecule has 68 heavy (non-hydrogen) atoms. The molecule has 8 nitrogen and oxygen atoms in total. The van der Waals surface area contributed by atoms with Crippen molar-refractivity contribution in [2.24, 2.45) is 0 Å². The Morgan fingerprint density at radius 1 is 0.250 bits per heavy atom. The Balaban J connectivity index is 1.10. The summed E-state index contributed by atoms with van der Waals surface area (Å²) in [6, 6.07) is 79.2. The molecule has 0 amide bonds. The zero-order valence-electron chi connectivity index (χ0n) is 36.5. The van der Waals surface area contributed by atoms with Gasteiger partial charge in [-0.05, 0) is 41.5 Å². The predicted molar refractivity (Wildman–Crippen MR) is 275 cm³/mol. The van der Waals surface area contributed by atoms with E-state index in [1.807, 2.05) is 97.1 Å². The number of hydrogen-bond donors (Lipinski definition) is 0. The molecule has 13 aromatic rings. The third-order valence-corrected chi connectivity index (χ3v) is 12.6. The van der Waals surface area contributed by atoms with Gasteiger partial charge in [-0.15, -0.1) is 0 Å². The quantitative estimate of drug-likeness (QED) is 0.151. The van der Waals surface area contributed by atoms with Crippen LogP contribution in [0.3, 0.4) is 0 Å². The average Bonchev–Trinajstić information content (AvgIpc) is 3.95. The van der Waals surface area contributed by atoms with Crippen molar-refractivity contribution in [1.29, 1.82) is 0 Å². The van der Waals surface area contributed by atoms with Gasteiger partial charge in [0.15, 0.2) is 29.1 Å². The zero-order valence-corrected chi connectivity index (χ0v) is 36.5. The molecular weight excluding hydrogens is 833 g/mol. The van der Waals surface area contributed by atoms with Crippen molar-refractivity contribution in [3.63, 3.8) is 0 Å². The first-order valence-corrected chi connectivity index (χ1v) is 22.6. The number of rotatable bonds is 8. The van der Waals surface area contributed by atoms with E-state index < -0.39 is 0 Å². The largest absolute Gasteiger partial charge is 0.306 e. The molecule has 0 saturated heterocycles. The van der Waals surface area contributed by atoms with Gasteiger partial charge in [0.2, 0.25) is 5.95 Å². The van der Waals surface area contributed by atoms with Crippen LogP contribution in [0.2, 0.25) is 0 Å². The third-order valence-electron chi connectivity index (χ3n) is 12.6. The molecule has 318 valence electrons. The van der Waals surface area contributed by atoms with E-state index in [1.165, 1.54) is 0 Å². The molecule has 0 spiro atoms. The number of nitrogens with zero attached hydrogens (tertiary/aromatic N) is 8. The van der Waals surface area contributed by atoms with Gasteiger partial charge in [-0.3, -0.25) is 4.57 Å². The Kier molecular flexibility index (Phi) is 9.31. The average molecular weight is 871 g/mol. The fourth-order valence-corrected chi connectivity index (χ4v) is 9.52. The molecule has 0 aliphatic heterocycles. The van der Waals surface area contributed by atoms with Gasteiger partial charge in [-0.2, -0.15) is 9.97 Å². The molecule has 0 unspecified atom stereocenters. The van der Waals surface area contributed by atoms with E-state index in [9.17, 15) is 0 Å². The molecule has 0 fully saturated rings. The first kappa shape index (κ1) is 39.0. The standard InChI is InChI=1S/C60H38N8/c1-5-20-39(21-6-1)43-28-19-29-44(38-43)58-61-55(40-22-7-2-8-23-40)63-59(64-58)49-32-15-18-35-52(49)67-50-33-16-13-30-45(50)47-36-37-48-46-31-14-17-34-51(46)68(54(48)53(47)67)60-65-56(41-24-9-3-10-25-41)62-57(66-60)42-26-11-4-12-27-42/h1-38H. The maximum absolute atomic E-state index is 5.34. The SMILES string of the molecule is c1ccc(-c2cccc(-c3nc(-c4ccccc4)nc(-c4ccccc4-n4c5ccccc5c5ccc6c7ccccc7n(-c7nc(-c8ccccc8)nc(-c8ccccc8)n7)c6c54)n3)c2)cc1. The topological polar surface area (TPSA) is 87.2 Å². The van der Waals surface area contributed by atoms with Gasteiger partial charge in [0.25, 0.3) is 0 Å². The molecule has 0 saturated carbocycles. The molecule has 0 atom stereocenters. The van der Waals surface area contributed by atoms with Crippen LogP contribution in [-0.4, -0.2) is 39.0 Å². The van der Waals surface area contributed by atoms with Gasteiger partial charge in [0.05, 0.1) is 27.8 Å². The highest BCUT2D eigenvalue weighted by molar-refractivity contribution is 6.24. The van der Waals surface area contributed by atoms with E-state index in [-0.39, 0.29) is 0 Å². The van der Waals surface area contributed by atoms with E-state index >= 15 is 0 Å². The molecule has 8 heteroatoms. The highest BCUT2D eigenvalue weighted by Gasteiger charge is 2.25. The Bertz CT molecular complexity index is 3960. The van der Waals surface area contributed by atoms with Crippen LogP contribution in [0.15, 0.2) is 231 Å². The number of hydrogen-bond acceptors (Lipinski definition) is 6. The minimum atomic E-state index is 0.522. The summed E-state index contributed by atoms with van der Waals surface area (Å²) in [5, 5.41) is 4.36. The van der Waals surface area contributed by atoms with Crippen LogP contribution in [0.5, 0.6) is 0 Å². The Hall–Kier alpha value is -9.40. The van der Waals surface area contributed by atoms with Crippen LogP contribution >= 0.6 is 0 Å². The zero-order chi connectivity index (χ0) is 45.0. The summed E-state index contributed by atoms with van der Waals surface area (Å²) >= 11 is 0. The van der Waals surface area contributed by atoms with Gasteiger partial charge in [0.1, 0.15) is 0 Å². The summed E-state index contributed by atoms with van der Waals surface area (Å²) in [6.07, 6.45) is 0. The van der Waals surface area contributed by atoms with Gasteiger partial charge >= 0.3 is 0 Å². The summed E-state index contributed by atoms with van der Waals surface area (Å²) in [7, 11) is 0. The molecule has 0 radical (unpaired) electrons. The lowest BCUT2D eigenvalue weighted by molar-refractivity contribution is 0.953. The lowest BCUT2D eigenvalue weighted by Gasteiger charge is -2.16. The van der Waals surface area contributed by atoms with E-state index in [0.29, 0.717) is 35.1 Å². The van der Waals surface area contributed by atoms with E-state index in [1.54, 1.807) is 0 Å². The Morgan fingerprint density at radius 2 is 0.647 bits per heavy atom. The normalized spacial score (nSPS) is 11.5. The maximum atomic E-state index is 5.34. The Morgan fingerprint density at radius 3 is 1.22 bits per heavy atom. The van der Waals surface area contributed by atoms with Crippen molar-refractivity contribution < 1.29 is 0 Å². The van der Waals surface area contributed by atoms with Crippen molar-refractivity contribution in [3.8, 4) is 79.7 Å². The minimum absolute atomic E-state index is 0.522. The smallest absolute Gasteiger partial charge is 0.238 e. The van der Waals surface area contributed by atoms with Crippen molar-refractivity contribution >= 4 is 43.6 Å². The molecule has 0 aliphatic carbocycles. The third kappa shape index (κ3) is 6.62. The second-order valence-corrected chi connectivity index (χ2v) is 16.7. The number of para-hydroxylation sites is 3. The molecule has 0 bridgehead atoms. The first-order chi connectivity index (χ1) is 33.7. The van der Waals surface area contributed by atoms with Crippen molar-refractivity contribution in [2.45, 2.75) is 0 Å². The molecule has 13 rings (SSSR count). The highest BCUT2D eigenvalue weighted by Crippen LogP contribution is 2.43. The highest BCUT2D eigenvalue weighted by atomic mass is 15.2. The summed E-state index contributed by atoms with van der Waals surface area (Å²) in [4.78, 5) is 31.4. The lowest BCUT2D eigenvalue weighted by Crippen LogP contribution is -2.07. The number of fused-ring (bicyclic) bond motifs is 7. The van der Waals surface area contributed by atoms with Crippen LogP contribution in [0.25, 0.3) is 123 Å². The van der Waals surface area contributed by atoms with Crippen LogP contribution in [0, 0.1) is 0 Å². The molecule has 0 aliphatic rings. The van der Waals surface area contributed by atoms with Crippen LogP contribution in [-0.2, 0) is 0 Å². The maximum Gasteiger partial charge on any atom is 0.238 e. The fourth-order valence-electron chi connectivity index (χ4n) is 9.52. The van der Waals surface area contributed by atoms with Gasteiger partial charge in [-0.25, -0.2) is 19.9 Å². The van der Waals surface area contributed by atoms with Crippen molar-refractivity contribution in [1.82, 2.24) is 39.0 Å². The molecular formula is C60H38N8. The second-order valence-electron chi connectivity index (χ2n) is 16.7. The van der Waals surface area contributed by atoms with Gasteiger partial charge < -0.3 is 4.57 Å². The molecule has 4 heterocycles. The van der Waals surface area contributed by atoms with Crippen LogP contribution in [0.4, 0.5) is 0 Å². The first-order valence-electron chi connectivity index (χ1n) is 22.6. The summed E-state index contributed by atoms with van der Waals surface area (Å²) in [6.45, 7) is 0. The summed E-state index contributed by atoms with van der Waals surface area (Å²) in [5.74, 6) is 3.44. The molecule has 9 aromatic carbocycles. The number of benzene rings is 9. The summed E-state index contributed by atoms with van der Waals surface area (Å²) in [5.41, 5.74) is 11.6. The van der Waals surface area contributed by atoms with Crippen LogP contribution in [0.1, 0.15) is 0 Å². The fraction of sp³-hybridized carbons (Fsp3) is 0. The van der Waals surface area contributed by atoms with Gasteiger partial charge in [0, 0.05) is 49.4 Å². The summed E-state index contributed by atoms with van der Waals surface area (Å²) < 4.78 is 4.59. The predicted octanol–water partition coefficient (Wildman–Crippen LogP) is 14.3. The second kappa shape index (κ2) is 16.2. The van der Waals surface area contributed by atoms with Crippen molar-refractivity contribution in [3.05, 3.63) is 231 Å². The van der Waals surface area contributed by atoms with Crippen LogP contribution < -0.4 is 0 Å². The van der Waals surface area contributed by atoms with Crippen molar-refractivity contribution in [2.75, 3.05) is 0 Å². The van der Waals surface area contributed by atoms with E-state index in [4.69, 9.17) is 29.9 Å². The van der Waals surface area contributed by atoms with Gasteiger partial charge in [-0.1, -0.05) is 200 Å². The molecule has 4 aromatic heterocycles. The van der Waals surface area contributed by atoms with E-state index in [2.05, 4.69) is 143 Å². The monoisotopic (exact) mass is 870 g/mol. The lowest BCUT2D eigenvalue weighted by atomic mass is 10.0.